The van der Waals surface area contributed by atoms with Gasteiger partial charge in [-0.1, -0.05) is 17.7 Å². The fourth-order valence-electron chi connectivity index (χ4n) is 1.43. The van der Waals surface area contributed by atoms with Crippen LogP contribution < -0.4 is 5.73 Å². The fraction of sp³-hybridized carbons (Fsp3) is 0.100. The van der Waals surface area contributed by atoms with Gasteiger partial charge in [0.1, 0.15) is 4.88 Å². The van der Waals surface area contributed by atoms with Crippen molar-refractivity contribution in [3.63, 3.8) is 0 Å². The van der Waals surface area contributed by atoms with Crippen molar-refractivity contribution in [3.8, 4) is 0 Å². The second kappa shape index (κ2) is 3.97. The Hall–Kier alpha value is -1.11. The Morgan fingerprint density at radius 1 is 1.41 bits per heavy atom. The fourth-order valence-corrected chi connectivity index (χ4v) is 3.57. The molecule has 0 aliphatic carbocycles. The number of sulfone groups is 1. The van der Waals surface area contributed by atoms with Crippen LogP contribution in [0.4, 0.5) is 0 Å². The van der Waals surface area contributed by atoms with E-state index in [0.29, 0.717) is 10.1 Å². The number of primary amides is 1. The zero-order valence-corrected chi connectivity index (χ0v) is 11.1. The van der Waals surface area contributed by atoms with Crippen LogP contribution in [0.5, 0.6) is 0 Å². The zero-order chi connectivity index (χ0) is 12.8. The van der Waals surface area contributed by atoms with Gasteiger partial charge in [-0.25, -0.2) is 8.42 Å². The van der Waals surface area contributed by atoms with Gasteiger partial charge in [0.2, 0.25) is 0 Å². The first-order chi connectivity index (χ1) is 7.80. The van der Waals surface area contributed by atoms with E-state index in [2.05, 4.69) is 0 Å². The number of rotatable bonds is 2. The van der Waals surface area contributed by atoms with E-state index in [0.717, 1.165) is 17.6 Å². The van der Waals surface area contributed by atoms with Crippen molar-refractivity contribution in [3.05, 3.63) is 28.1 Å². The molecule has 2 aromatic rings. The van der Waals surface area contributed by atoms with Crippen LogP contribution in [0.2, 0.25) is 5.02 Å². The van der Waals surface area contributed by atoms with Gasteiger partial charge in [0.05, 0.1) is 9.92 Å². The molecule has 0 saturated heterocycles. The highest BCUT2D eigenvalue weighted by molar-refractivity contribution is 7.90. The molecule has 1 aromatic carbocycles. The predicted octanol–water partition coefficient (Wildman–Crippen LogP) is 2.06. The Labute approximate surface area is 107 Å². The summed E-state index contributed by atoms with van der Waals surface area (Å²) in [6.45, 7) is 0. The molecule has 1 aromatic heterocycles. The highest BCUT2D eigenvalue weighted by Crippen LogP contribution is 2.36. The number of carbonyl (C=O) groups excluding carboxylic acids is 1. The molecule has 0 spiro atoms. The number of carbonyl (C=O) groups is 1. The average molecular weight is 290 g/mol. The standard InChI is InChI=1S/C10H8ClNO3S2/c1-17(14,15)5-2-3-6-7(4-5)16-9(8(6)11)10(12)13/h2-4H,1H3,(H2,12,13). The summed E-state index contributed by atoms with van der Waals surface area (Å²) in [5.74, 6) is -0.614. The third-order valence-corrected chi connectivity index (χ3v) is 5.03. The molecule has 0 unspecified atom stereocenters. The van der Waals surface area contributed by atoms with Gasteiger partial charge in [-0.15, -0.1) is 11.3 Å². The minimum atomic E-state index is -3.27. The molecule has 4 nitrogen and oxygen atoms in total. The minimum Gasteiger partial charge on any atom is -0.365 e. The third kappa shape index (κ3) is 2.15. The lowest BCUT2D eigenvalue weighted by Crippen LogP contribution is -2.08. The van der Waals surface area contributed by atoms with Crippen molar-refractivity contribution < 1.29 is 13.2 Å². The molecule has 1 amide bonds. The molecule has 90 valence electrons. The van der Waals surface area contributed by atoms with Gasteiger partial charge in [0, 0.05) is 16.3 Å². The van der Waals surface area contributed by atoms with Crippen molar-refractivity contribution >= 4 is 48.8 Å². The van der Waals surface area contributed by atoms with E-state index in [1.807, 2.05) is 0 Å². The summed E-state index contributed by atoms with van der Waals surface area (Å²) in [5, 5.41) is 0.912. The molecule has 0 aliphatic heterocycles. The Morgan fingerprint density at radius 2 is 2.06 bits per heavy atom. The van der Waals surface area contributed by atoms with Crippen LogP contribution in [0, 0.1) is 0 Å². The lowest BCUT2D eigenvalue weighted by Gasteiger charge is -1.97. The summed E-state index contributed by atoms with van der Waals surface area (Å²) < 4.78 is 23.4. The van der Waals surface area contributed by atoms with Gasteiger partial charge in [0.25, 0.3) is 5.91 Å². The zero-order valence-electron chi connectivity index (χ0n) is 8.73. The summed E-state index contributed by atoms with van der Waals surface area (Å²) in [4.78, 5) is 11.5. The Balaban J connectivity index is 2.77. The number of fused-ring (bicyclic) bond motifs is 1. The lowest BCUT2D eigenvalue weighted by atomic mass is 10.2. The summed E-state index contributed by atoms with van der Waals surface area (Å²) in [6.07, 6.45) is 1.12. The van der Waals surface area contributed by atoms with Gasteiger partial charge in [-0.3, -0.25) is 4.79 Å². The van der Waals surface area contributed by atoms with Crippen molar-refractivity contribution in [2.75, 3.05) is 6.26 Å². The molecule has 2 N–H and O–H groups in total. The first-order valence-electron chi connectivity index (χ1n) is 4.52. The molecule has 17 heavy (non-hydrogen) atoms. The Kier molecular flexibility index (Phi) is 2.89. The van der Waals surface area contributed by atoms with Crippen LogP contribution in [0.15, 0.2) is 23.1 Å². The van der Waals surface area contributed by atoms with E-state index in [9.17, 15) is 13.2 Å². The normalized spacial score (nSPS) is 11.9. The molecule has 0 atom stereocenters. The van der Waals surface area contributed by atoms with Crippen LogP contribution >= 0.6 is 22.9 Å². The molecular formula is C10H8ClNO3S2. The number of benzene rings is 1. The van der Waals surface area contributed by atoms with Gasteiger partial charge in [0.15, 0.2) is 9.84 Å². The molecule has 2 rings (SSSR count). The number of amides is 1. The Morgan fingerprint density at radius 3 is 2.59 bits per heavy atom. The minimum absolute atomic E-state index is 0.193. The quantitative estimate of drug-likeness (QED) is 0.919. The van der Waals surface area contributed by atoms with E-state index in [4.69, 9.17) is 17.3 Å². The van der Waals surface area contributed by atoms with Crippen LogP contribution in [0.1, 0.15) is 9.67 Å². The second-order valence-corrected chi connectivity index (χ2v) is 6.99. The number of hydrogen-bond acceptors (Lipinski definition) is 4. The van der Waals surface area contributed by atoms with E-state index in [1.54, 1.807) is 6.07 Å². The van der Waals surface area contributed by atoms with E-state index in [-0.39, 0.29) is 14.8 Å². The molecule has 0 bridgehead atoms. The maximum Gasteiger partial charge on any atom is 0.260 e. The number of hydrogen-bond donors (Lipinski definition) is 1. The average Bonchev–Trinajstić information content (AvgIpc) is 2.54. The molecule has 0 aliphatic rings. The Bertz CT molecular complexity index is 718. The van der Waals surface area contributed by atoms with Crippen LogP contribution in [0.3, 0.4) is 0 Å². The molecular weight excluding hydrogens is 282 g/mol. The summed E-state index contributed by atoms with van der Waals surface area (Å²) in [7, 11) is -3.27. The summed E-state index contributed by atoms with van der Waals surface area (Å²) in [5.41, 5.74) is 5.17. The SMILES string of the molecule is CS(=O)(=O)c1ccc2c(Cl)c(C(N)=O)sc2c1. The maximum absolute atomic E-state index is 11.4. The van der Waals surface area contributed by atoms with E-state index >= 15 is 0 Å². The molecule has 0 saturated carbocycles. The second-order valence-electron chi connectivity index (χ2n) is 3.54. The van der Waals surface area contributed by atoms with Crippen molar-refractivity contribution in [1.29, 1.82) is 0 Å². The largest absolute Gasteiger partial charge is 0.365 e. The topological polar surface area (TPSA) is 77.2 Å². The number of nitrogens with two attached hydrogens (primary N) is 1. The van der Waals surface area contributed by atoms with Crippen molar-refractivity contribution in [2.45, 2.75) is 4.90 Å². The van der Waals surface area contributed by atoms with E-state index in [1.165, 1.54) is 12.1 Å². The molecule has 0 radical (unpaired) electrons. The third-order valence-electron chi connectivity index (χ3n) is 2.25. The molecule has 0 fully saturated rings. The van der Waals surface area contributed by atoms with Gasteiger partial charge >= 0.3 is 0 Å². The first-order valence-corrected chi connectivity index (χ1v) is 7.61. The molecule has 1 heterocycles. The van der Waals surface area contributed by atoms with Crippen molar-refractivity contribution in [1.82, 2.24) is 0 Å². The summed E-state index contributed by atoms with van der Waals surface area (Å²) >= 11 is 7.07. The molecule has 7 heteroatoms. The smallest absolute Gasteiger partial charge is 0.260 e. The predicted molar refractivity (Wildman–Crippen MR) is 68.5 cm³/mol. The maximum atomic E-state index is 11.4. The monoisotopic (exact) mass is 289 g/mol. The number of halogens is 1. The van der Waals surface area contributed by atoms with Crippen LogP contribution in [-0.4, -0.2) is 20.6 Å². The lowest BCUT2D eigenvalue weighted by molar-refractivity contribution is 0.100. The van der Waals surface area contributed by atoms with Gasteiger partial charge in [-0.2, -0.15) is 0 Å². The summed E-state index contributed by atoms with van der Waals surface area (Å²) in [6, 6.07) is 4.53. The first kappa shape index (κ1) is 12.3. The highest BCUT2D eigenvalue weighted by atomic mass is 35.5. The van der Waals surface area contributed by atoms with E-state index < -0.39 is 15.7 Å². The number of thiophene rings is 1. The van der Waals surface area contributed by atoms with Crippen molar-refractivity contribution in [2.24, 2.45) is 5.73 Å². The highest BCUT2D eigenvalue weighted by Gasteiger charge is 2.16. The van der Waals surface area contributed by atoms with Gasteiger partial charge < -0.3 is 5.73 Å². The van der Waals surface area contributed by atoms with Gasteiger partial charge in [-0.05, 0) is 12.1 Å². The van der Waals surface area contributed by atoms with Crippen LogP contribution in [-0.2, 0) is 9.84 Å². The van der Waals surface area contributed by atoms with Crippen LogP contribution in [0.25, 0.3) is 10.1 Å².